The van der Waals surface area contributed by atoms with Crippen molar-refractivity contribution in [3.63, 3.8) is 0 Å². The highest BCUT2D eigenvalue weighted by Crippen LogP contribution is 2.54. The molecular weight excluding hydrogens is 369 g/mol. The second-order valence-corrected chi connectivity index (χ2v) is 14.4. The molecule has 0 fully saturated rings. The minimum Gasteiger partial charge on any atom is -0.306 e. The molecule has 1 unspecified atom stereocenters. The summed E-state index contributed by atoms with van der Waals surface area (Å²) < 4.78 is 68.4. The molecule has 0 aliphatic carbocycles. The van der Waals surface area contributed by atoms with Crippen LogP contribution < -0.4 is 0 Å². The van der Waals surface area contributed by atoms with Crippen LogP contribution in [0.1, 0.15) is 53.5 Å². The van der Waals surface area contributed by atoms with E-state index in [9.17, 15) is 21.6 Å². The van der Waals surface area contributed by atoms with Crippen LogP contribution in [0, 0.1) is 0 Å². The fraction of sp³-hybridized carbons (Fsp3) is 0.647. The first-order valence-electron chi connectivity index (χ1n) is 8.26. The van der Waals surface area contributed by atoms with Crippen molar-refractivity contribution in [3.8, 4) is 0 Å². The molecule has 0 aromatic heterocycles. The van der Waals surface area contributed by atoms with Gasteiger partial charge in [0.05, 0.1) is 0 Å². The number of hydrogen-bond donors (Lipinski definition) is 0. The Hall–Kier alpha value is -0.863. The highest BCUT2D eigenvalue weighted by molar-refractivity contribution is 7.88. The van der Waals surface area contributed by atoms with Gasteiger partial charge in [0, 0.05) is 5.04 Å². The quantitative estimate of drug-likeness (QED) is 0.450. The van der Waals surface area contributed by atoms with E-state index in [2.05, 4.69) is 0 Å². The molecule has 1 aromatic carbocycles. The summed E-state index contributed by atoms with van der Waals surface area (Å²) in [6.07, 6.45) is 0.511. The van der Waals surface area contributed by atoms with Gasteiger partial charge in [0.1, 0.15) is 0 Å². The van der Waals surface area contributed by atoms with Crippen LogP contribution in [0.4, 0.5) is 13.2 Å². The van der Waals surface area contributed by atoms with E-state index in [0.717, 1.165) is 5.56 Å². The van der Waals surface area contributed by atoms with Crippen molar-refractivity contribution in [3.05, 3.63) is 35.9 Å². The zero-order valence-electron chi connectivity index (χ0n) is 15.6. The molecule has 0 N–H and O–H groups in total. The van der Waals surface area contributed by atoms with Crippen LogP contribution in [0.25, 0.3) is 0 Å². The smallest absolute Gasteiger partial charge is 0.306 e. The van der Waals surface area contributed by atoms with Crippen molar-refractivity contribution < 1.29 is 25.5 Å². The van der Waals surface area contributed by atoms with Gasteiger partial charge < -0.3 is 3.87 Å². The number of halogens is 3. The van der Waals surface area contributed by atoms with Gasteiger partial charge in [-0.05, 0) is 16.6 Å². The molecule has 25 heavy (non-hydrogen) atoms. The molecule has 0 saturated heterocycles. The lowest BCUT2D eigenvalue weighted by molar-refractivity contribution is -0.0507. The Bertz CT molecular complexity index is 685. The first-order valence-corrected chi connectivity index (χ1v) is 11.8. The van der Waals surface area contributed by atoms with Crippen molar-refractivity contribution in [2.75, 3.05) is 0 Å². The standard InChI is InChI=1S/C17H27F3O3SSi/c1-7-15(3,4)25(8-2,23-24(21,22)17(18,19)20)16(5,6)14-12-10-9-11-13-14/h9-13H,7-8H2,1-6H3. The van der Waals surface area contributed by atoms with Crippen LogP contribution in [0.15, 0.2) is 30.3 Å². The molecule has 144 valence electrons. The zero-order valence-corrected chi connectivity index (χ0v) is 17.4. The van der Waals surface area contributed by atoms with Gasteiger partial charge in [0.15, 0.2) is 0 Å². The van der Waals surface area contributed by atoms with E-state index < -0.39 is 34.0 Å². The number of rotatable bonds is 7. The third-order valence-electron chi connectivity index (χ3n) is 5.52. The van der Waals surface area contributed by atoms with E-state index >= 15 is 0 Å². The van der Waals surface area contributed by atoms with Gasteiger partial charge in [-0.2, -0.15) is 21.6 Å². The highest BCUT2D eigenvalue weighted by Gasteiger charge is 2.63. The summed E-state index contributed by atoms with van der Waals surface area (Å²) in [6.45, 7) is 10.8. The minimum atomic E-state index is -5.69. The lowest BCUT2D eigenvalue weighted by Crippen LogP contribution is -2.63. The Kier molecular flexibility index (Phi) is 6.24. The Balaban J connectivity index is 3.70. The van der Waals surface area contributed by atoms with Crippen LogP contribution in [0.3, 0.4) is 0 Å². The van der Waals surface area contributed by atoms with E-state index in [0.29, 0.717) is 6.42 Å². The zero-order chi connectivity index (χ0) is 19.7. The van der Waals surface area contributed by atoms with Crippen molar-refractivity contribution in [2.45, 2.75) is 69.6 Å². The van der Waals surface area contributed by atoms with Gasteiger partial charge in [-0.3, -0.25) is 0 Å². The van der Waals surface area contributed by atoms with Gasteiger partial charge in [0.25, 0.3) is 0 Å². The fourth-order valence-electron chi connectivity index (χ4n) is 3.65. The molecule has 0 bridgehead atoms. The molecule has 0 radical (unpaired) electrons. The second-order valence-electron chi connectivity index (χ2n) is 7.39. The van der Waals surface area contributed by atoms with Gasteiger partial charge in [0.2, 0.25) is 8.32 Å². The van der Waals surface area contributed by atoms with E-state index in [1.54, 1.807) is 46.8 Å². The molecule has 0 saturated carbocycles. The Morgan fingerprint density at radius 2 is 1.48 bits per heavy atom. The van der Waals surface area contributed by atoms with E-state index in [4.69, 9.17) is 3.87 Å². The predicted molar refractivity (Wildman–Crippen MR) is 96.1 cm³/mol. The van der Waals surface area contributed by atoms with Crippen molar-refractivity contribution in [2.24, 2.45) is 0 Å². The SMILES string of the molecule is CCC(C)(C)[Si](CC)(OS(=O)(=O)C(F)(F)F)C(C)(C)c1ccccc1. The van der Waals surface area contributed by atoms with E-state index in [1.165, 1.54) is 0 Å². The molecule has 8 heteroatoms. The third kappa shape index (κ3) is 3.80. The van der Waals surface area contributed by atoms with Crippen LogP contribution in [0.5, 0.6) is 0 Å². The monoisotopic (exact) mass is 396 g/mol. The summed E-state index contributed by atoms with van der Waals surface area (Å²) >= 11 is 0. The summed E-state index contributed by atoms with van der Waals surface area (Å²) in [4.78, 5) is 0. The largest absolute Gasteiger partial charge is 0.522 e. The Morgan fingerprint density at radius 1 is 1.00 bits per heavy atom. The summed E-state index contributed by atoms with van der Waals surface area (Å²) in [6, 6.07) is 9.27. The molecular formula is C17H27F3O3SSi. The van der Waals surface area contributed by atoms with Gasteiger partial charge in [-0.15, -0.1) is 0 Å². The minimum absolute atomic E-state index is 0.241. The van der Waals surface area contributed by atoms with Crippen molar-refractivity contribution >= 4 is 18.4 Å². The van der Waals surface area contributed by atoms with Crippen LogP contribution >= 0.6 is 0 Å². The lowest BCUT2D eigenvalue weighted by atomic mass is 10.0. The maximum Gasteiger partial charge on any atom is 0.522 e. The molecule has 0 aliphatic rings. The maximum absolute atomic E-state index is 13.1. The maximum atomic E-state index is 13.1. The summed E-state index contributed by atoms with van der Waals surface area (Å²) in [5.41, 5.74) is -4.65. The third-order valence-corrected chi connectivity index (χ3v) is 13.9. The average Bonchev–Trinajstić information content (AvgIpc) is 2.51. The first-order chi connectivity index (χ1) is 11.2. The molecule has 0 amide bonds. The van der Waals surface area contributed by atoms with Gasteiger partial charge >= 0.3 is 15.6 Å². The number of benzene rings is 1. The Morgan fingerprint density at radius 3 is 1.84 bits per heavy atom. The van der Waals surface area contributed by atoms with Crippen LogP contribution in [-0.4, -0.2) is 22.2 Å². The summed E-state index contributed by atoms with van der Waals surface area (Å²) in [5.74, 6) is 0. The van der Waals surface area contributed by atoms with E-state index in [-0.39, 0.29) is 6.04 Å². The van der Waals surface area contributed by atoms with Gasteiger partial charge in [-0.25, -0.2) is 0 Å². The molecule has 1 atom stereocenters. The topological polar surface area (TPSA) is 43.4 Å². The average molecular weight is 397 g/mol. The number of alkyl halides is 3. The normalized spacial score (nSPS) is 16.5. The lowest BCUT2D eigenvalue weighted by Gasteiger charge is -2.52. The van der Waals surface area contributed by atoms with Crippen molar-refractivity contribution in [1.82, 2.24) is 0 Å². The second kappa shape index (κ2) is 7.04. The fourth-order valence-corrected chi connectivity index (χ4v) is 12.5. The predicted octanol–water partition coefficient (Wildman–Crippen LogP) is 5.53. The Labute approximate surface area is 149 Å². The molecule has 3 nitrogen and oxygen atoms in total. The van der Waals surface area contributed by atoms with E-state index in [1.807, 2.05) is 25.1 Å². The summed E-state index contributed by atoms with van der Waals surface area (Å²) in [7, 11) is -9.21. The summed E-state index contributed by atoms with van der Waals surface area (Å²) in [5, 5.41) is -1.54. The van der Waals surface area contributed by atoms with Crippen LogP contribution in [0.2, 0.25) is 11.1 Å². The van der Waals surface area contributed by atoms with Crippen LogP contribution in [-0.2, 0) is 19.0 Å². The first kappa shape index (κ1) is 22.2. The molecule has 1 rings (SSSR count). The molecule has 1 aromatic rings. The molecule has 0 aliphatic heterocycles. The molecule has 0 spiro atoms. The number of hydrogen-bond acceptors (Lipinski definition) is 3. The highest BCUT2D eigenvalue weighted by atomic mass is 32.2. The molecule has 0 heterocycles. The van der Waals surface area contributed by atoms with Crippen molar-refractivity contribution in [1.29, 1.82) is 0 Å². The van der Waals surface area contributed by atoms with Gasteiger partial charge in [-0.1, -0.05) is 78.3 Å².